The summed E-state index contributed by atoms with van der Waals surface area (Å²) < 4.78 is 5.62. The highest BCUT2D eigenvalue weighted by atomic mass is 16.4. The number of nitrogens with zero attached hydrogens (tertiary/aromatic N) is 2. The highest BCUT2D eigenvalue weighted by molar-refractivity contribution is 5.94. The van der Waals surface area contributed by atoms with E-state index in [-0.39, 0.29) is 17.6 Å². The second kappa shape index (κ2) is 5.22. The Morgan fingerprint density at radius 2 is 1.73 bits per heavy atom. The van der Waals surface area contributed by atoms with Crippen molar-refractivity contribution in [2.45, 2.75) is 12.8 Å². The SMILES string of the molecule is O=C(c1ncc(-c2ccccn2)o1)C1Cc2ccccc2C1. The Morgan fingerprint density at radius 1 is 1.00 bits per heavy atom. The lowest BCUT2D eigenvalue weighted by molar-refractivity contribution is 0.0890. The molecule has 0 saturated heterocycles. The molecule has 0 bridgehead atoms. The predicted molar refractivity (Wildman–Crippen MR) is 81.4 cm³/mol. The van der Waals surface area contributed by atoms with Gasteiger partial charge in [-0.3, -0.25) is 9.78 Å². The van der Waals surface area contributed by atoms with Crippen LogP contribution in [0.1, 0.15) is 21.8 Å². The second-order valence-corrected chi connectivity index (χ2v) is 5.48. The number of oxazole rings is 1. The Bertz CT molecular complexity index is 799. The second-order valence-electron chi connectivity index (χ2n) is 5.48. The lowest BCUT2D eigenvalue weighted by atomic mass is 10.0. The van der Waals surface area contributed by atoms with E-state index in [2.05, 4.69) is 22.1 Å². The molecule has 2 heterocycles. The maximum absolute atomic E-state index is 12.6. The molecule has 0 atom stereocenters. The first-order chi connectivity index (χ1) is 10.8. The van der Waals surface area contributed by atoms with Gasteiger partial charge in [-0.25, -0.2) is 4.98 Å². The van der Waals surface area contributed by atoms with E-state index in [4.69, 9.17) is 4.42 Å². The lowest BCUT2D eigenvalue weighted by Gasteiger charge is -2.03. The van der Waals surface area contributed by atoms with Crippen LogP contribution in [-0.4, -0.2) is 15.8 Å². The fourth-order valence-corrected chi connectivity index (χ4v) is 2.93. The lowest BCUT2D eigenvalue weighted by Crippen LogP contribution is -2.15. The summed E-state index contributed by atoms with van der Waals surface area (Å²) in [7, 11) is 0. The monoisotopic (exact) mass is 290 g/mol. The third-order valence-corrected chi connectivity index (χ3v) is 4.06. The van der Waals surface area contributed by atoms with Gasteiger partial charge >= 0.3 is 0 Å². The van der Waals surface area contributed by atoms with Crippen molar-refractivity contribution in [1.29, 1.82) is 0 Å². The minimum absolute atomic E-state index is 0.0293. The van der Waals surface area contributed by atoms with Crippen LogP contribution >= 0.6 is 0 Å². The molecular formula is C18H14N2O2. The van der Waals surface area contributed by atoms with Gasteiger partial charge in [-0.1, -0.05) is 30.3 Å². The molecule has 4 nitrogen and oxygen atoms in total. The van der Waals surface area contributed by atoms with Crippen LogP contribution in [0, 0.1) is 5.92 Å². The van der Waals surface area contributed by atoms with Crippen molar-refractivity contribution in [3.05, 3.63) is 71.9 Å². The molecule has 0 fully saturated rings. The Kier molecular flexibility index (Phi) is 3.07. The van der Waals surface area contributed by atoms with Gasteiger partial charge in [0.05, 0.1) is 6.20 Å². The molecule has 22 heavy (non-hydrogen) atoms. The van der Waals surface area contributed by atoms with Gasteiger partial charge in [-0.05, 0) is 36.1 Å². The van der Waals surface area contributed by atoms with E-state index in [0.29, 0.717) is 11.5 Å². The maximum atomic E-state index is 12.6. The largest absolute Gasteiger partial charge is 0.432 e. The minimum Gasteiger partial charge on any atom is -0.432 e. The summed E-state index contributed by atoms with van der Waals surface area (Å²) in [6.07, 6.45) is 4.78. The van der Waals surface area contributed by atoms with E-state index in [0.717, 1.165) is 12.8 Å². The molecule has 0 unspecified atom stereocenters. The van der Waals surface area contributed by atoms with Gasteiger partial charge < -0.3 is 4.42 Å². The first-order valence-electron chi connectivity index (χ1n) is 7.29. The van der Waals surface area contributed by atoms with Crippen LogP contribution in [-0.2, 0) is 12.8 Å². The van der Waals surface area contributed by atoms with Crippen LogP contribution in [0.3, 0.4) is 0 Å². The summed E-state index contributed by atoms with van der Waals surface area (Å²) in [5.74, 6) is 0.601. The first kappa shape index (κ1) is 13.0. The van der Waals surface area contributed by atoms with E-state index in [1.807, 2.05) is 30.3 Å². The molecule has 3 aromatic rings. The molecule has 0 spiro atoms. The van der Waals surface area contributed by atoms with Gasteiger partial charge in [0, 0.05) is 12.1 Å². The minimum atomic E-state index is -0.0763. The summed E-state index contributed by atoms with van der Waals surface area (Å²) in [4.78, 5) is 20.9. The molecular weight excluding hydrogens is 276 g/mol. The molecule has 108 valence electrons. The highest BCUT2D eigenvalue weighted by Crippen LogP contribution is 2.29. The Hall–Kier alpha value is -2.75. The molecule has 1 aliphatic rings. The summed E-state index contributed by atoms with van der Waals surface area (Å²) in [6.45, 7) is 0. The van der Waals surface area contributed by atoms with Gasteiger partial charge in [0.15, 0.2) is 5.76 Å². The van der Waals surface area contributed by atoms with Gasteiger partial charge in [0.1, 0.15) is 5.69 Å². The average Bonchev–Trinajstić information content (AvgIpc) is 3.22. The Morgan fingerprint density at radius 3 is 2.41 bits per heavy atom. The van der Waals surface area contributed by atoms with Crippen molar-refractivity contribution >= 4 is 5.78 Å². The zero-order valence-electron chi connectivity index (χ0n) is 11.9. The Balaban J connectivity index is 1.57. The normalized spacial score (nSPS) is 14.0. The number of benzene rings is 1. The number of hydrogen-bond acceptors (Lipinski definition) is 4. The number of ketones is 1. The third-order valence-electron chi connectivity index (χ3n) is 4.06. The first-order valence-corrected chi connectivity index (χ1v) is 7.29. The maximum Gasteiger partial charge on any atom is 0.264 e. The number of pyridine rings is 1. The Labute approximate surface area is 127 Å². The van der Waals surface area contributed by atoms with E-state index in [9.17, 15) is 4.79 Å². The zero-order chi connectivity index (χ0) is 14.9. The smallest absolute Gasteiger partial charge is 0.264 e. The number of Topliss-reactive ketones (excluding diaryl/α,β-unsaturated/α-hetero) is 1. The fraction of sp³-hybridized carbons (Fsp3) is 0.167. The third kappa shape index (κ3) is 2.22. The summed E-state index contributed by atoms with van der Waals surface area (Å²) in [5.41, 5.74) is 3.18. The zero-order valence-corrected chi connectivity index (χ0v) is 11.9. The van der Waals surface area contributed by atoms with Crippen LogP contribution in [0.15, 0.2) is 59.3 Å². The quantitative estimate of drug-likeness (QED) is 0.694. The number of carbonyl (C=O) groups is 1. The van der Waals surface area contributed by atoms with Crippen molar-refractivity contribution in [1.82, 2.24) is 9.97 Å². The number of rotatable bonds is 3. The van der Waals surface area contributed by atoms with Crippen LogP contribution < -0.4 is 0 Å². The van der Waals surface area contributed by atoms with Crippen molar-refractivity contribution < 1.29 is 9.21 Å². The summed E-state index contributed by atoms with van der Waals surface area (Å²) >= 11 is 0. The summed E-state index contributed by atoms with van der Waals surface area (Å²) in [6, 6.07) is 13.7. The van der Waals surface area contributed by atoms with E-state index >= 15 is 0 Å². The van der Waals surface area contributed by atoms with Gasteiger partial charge in [-0.15, -0.1) is 0 Å². The molecule has 1 aliphatic carbocycles. The van der Waals surface area contributed by atoms with Gasteiger partial charge in [0.25, 0.3) is 5.89 Å². The predicted octanol–water partition coefficient (Wildman–Crippen LogP) is 3.33. The van der Waals surface area contributed by atoms with E-state index in [1.165, 1.54) is 11.1 Å². The molecule has 4 rings (SSSR count). The standard InChI is InChI=1S/C18H14N2O2/c21-17(14-9-12-5-1-2-6-13(12)10-14)18-20-11-16(22-18)15-7-3-4-8-19-15/h1-8,11,14H,9-10H2. The highest BCUT2D eigenvalue weighted by Gasteiger charge is 2.30. The van der Waals surface area contributed by atoms with Crippen molar-refractivity contribution in [2.75, 3.05) is 0 Å². The average molecular weight is 290 g/mol. The topological polar surface area (TPSA) is 56.0 Å². The molecule has 1 aromatic carbocycles. The van der Waals surface area contributed by atoms with Crippen LogP contribution in [0.4, 0.5) is 0 Å². The molecule has 4 heteroatoms. The van der Waals surface area contributed by atoms with Gasteiger partial charge in [-0.2, -0.15) is 0 Å². The molecule has 0 N–H and O–H groups in total. The number of aromatic nitrogens is 2. The van der Waals surface area contributed by atoms with Crippen LogP contribution in [0.2, 0.25) is 0 Å². The molecule has 2 aromatic heterocycles. The summed E-state index contributed by atoms with van der Waals surface area (Å²) in [5, 5.41) is 0. The van der Waals surface area contributed by atoms with Crippen molar-refractivity contribution in [3.8, 4) is 11.5 Å². The van der Waals surface area contributed by atoms with E-state index < -0.39 is 0 Å². The van der Waals surface area contributed by atoms with E-state index in [1.54, 1.807) is 12.4 Å². The molecule has 0 saturated carbocycles. The van der Waals surface area contributed by atoms with Crippen molar-refractivity contribution in [3.63, 3.8) is 0 Å². The fourth-order valence-electron chi connectivity index (χ4n) is 2.93. The number of hydrogen-bond donors (Lipinski definition) is 0. The van der Waals surface area contributed by atoms with Gasteiger partial charge in [0.2, 0.25) is 5.78 Å². The van der Waals surface area contributed by atoms with Crippen LogP contribution in [0.5, 0.6) is 0 Å². The number of carbonyl (C=O) groups excluding carboxylic acids is 1. The molecule has 0 aliphatic heterocycles. The molecule has 0 radical (unpaired) electrons. The van der Waals surface area contributed by atoms with Crippen molar-refractivity contribution in [2.24, 2.45) is 5.92 Å². The number of fused-ring (bicyclic) bond motifs is 1. The molecule has 0 amide bonds. The van der Waals surface area contributed by atoms with Crippen LogP contribution in [0.25, 0.3) is 11.5 Å².